The van der Waals surface area contributed by atoms with Gasteiger partial charge in [0.1, 0.15) is 6.10 Å². The quantitative estimate of drug-likeness (QED) is 0.514. The summed E-state index contributed by atoms with van der Waals surface area (Å²) in [4.78, 5) is 16.7. The van der Waals surface area contributed by atoms with Gasteiger partial charge in [-0.1, -0.05) is 38.1 Å². The van der Waals surface area contributed by atoms with Gasteiger partial charge in [-0.2, -0.15) is 0 Å². The fourth-order valence-electron chi connectivity index (χ4n) is 6.61. The molecule has 2 fully saturated rings. The highest BCUT2D eigenvalue weighted by Gasteiger charge is 2.53. The summed E-state index contributed by atoms with van der Waals surface area (Å²) in [6.07, 6.45) is 7.02. The molecule has 34 heavy (non-hydrogen) atoms. The van der Waals surface area contributed by atoms with E-state index in [2.05, 4.69) is 68.2 Å². The van der Waals surface area contributed by atoms with E-state index in [4.69, 9.17) is 4.74 Å². The minimum atomic E-state index is -1.04. The van der Waals surface area contributed by atoms with Crippen LogP contribution in [-0.2, 0) is 9.53 Å². The molecule has 1 N–H and O–H groups in total. The predicted molar refractivity (Wildman–Crippen MR) is 137 cm³/mol. The van der Waals surface area contributed by atoms with Gasteiger partial charge in [0.2, 0.25) is 0 Å². The zero-order valence-corrected chi connectivity index (χ0v) is 21.8. The molecule has 0 aromatic heterocycles. The van der Waals surface area contributed by atoms with Crippen molar-refractivity contribution >= 4 is 11.7 Å². The first-order valence-electron chi connectivity index (χ1n) is 13.0. The van der Waals surface area contributed by atoms with Crippen molar-refractivity contribution in [3.05, 3.63) is 47.4 Å². The number of benzene rings is 1. The van der Waals surface area contributed by atoms with Crippen molar-refractivity contribution < 1.29 is 14.6 Å². The average Bonchev–Trinajstić information content (AvgIpc) is 2.77. The molecule has 0 unspecified atom stereocenters. The van der Waals surface area contributed by atoms with Crippen molar-refractivity contribution in [2.24, 2.45) is 23.7 Å². The number of fused-ring (bicyclic) bond motifs is 1. The first-order chi connectivity index (χ1) is 16.1. The number of hydrogen-bond acceptors (Lipinski definition) is 5. The fraction of sp³-hybridized carbons (Fsp3) is 0.655. The van der Waals surface area contributed by atoms with Crippen molar-refractivity contribution in [1.82, 2.24) is 4.90 Å². The molecular weight excluding hydrogens is 424 g/mol. The molecule has 2 aliphatic carbocycles. The monoisotopic (exact) mass is 466 g/mol. The molecule has 1 saturated carbocycles. The number of carbonyl (C=O) groups excluding carboxylic acids is 1. The average molecular weight is 467 g/mol. The highest BCUT2D eigenvalue weighted by atomic mass is 16.5. The lowest BCUT2D eigenvalue weighted by Crippen LogP contribution is -2.57. The predicted octanol–water partition coefficient (Wildman–Crippen LogP) is 4.43. The van der Waals surface area contributed by atoms with Crippen LogP contribution < -0.4 is 4.90 Å². The highest BCUT2D eigenvalue weighted by molar-refractivity contribution is 5.67. The molecule has 5 nitrogen and oxygen atoms in total. The van der Waals surface area contributed by atoms with E-state index in [1.54, 1.807) is 0 Å². The third-order valence-electron chi connectivity index (χ3n) is 8.56. The standard InChI is InChI=1S/C29H42N2O3/c1-19-8-7-9-20(2)28(19)31-14-12-30(13-15-31)18-22(4)25-11-10-23(5)29(33)17-27(34-24(6)32)21(3)16-26(25)29/h7-9,16,22-23,25-27,33H,10-15,18H2,1-6H3/t22-,23-,25+,26-,27-,29-/m1/s1. The number of nitrogens with zero attached hydrogens (tertiary/aromatic N) is 2. The van der Waals surface area contributed by atoms with Crippen LogP contribution in [0.1, 0.15) is 51.7 Å². The number of anilines is 1. The third kappa shape index (κ3) is 4.92. The van der Waals surface area contributed by atoms with E-state index >= 15 is 0 Å². The highest BCUT2D eigenvalue weighted by Crippen LogP contribution is 2.50. The molecule has 1 aliphatic heterocycles. The molecule has 1 saturated heterocycles. The molecule has 4 rings (SSSR count). The van der Waals surface area contributed by atoms with Crippen LogP contribution in [0.3, 0.4) is 0 Å². The van der Waals surface area contributed by atoms with Gasteiger partial charge in [-0.25, -0.2) is 0 Å². The van der Waals surface area contributed by atoms with Crippen molar-refractivity contribution in [1.29, 1.82) is 0 Å². The minimum Gasteiger partial charge on any atom is -0.457 e. The summed E-state index contributed by atoms with van der Waals surface area (Å²) < 4.78 is 5.46. The molecule has 1 aromatic rings. The van der Waals surface area contributed by atoms with E-state index in [9.17, 15) is 9.90 Å². The van der Waals surface area contributed by atoms with Gasteiger partial charge >= 0.3 is 5.97 Å². The zero-order chi connectivity index (χ0) is 24.6. The van der Waals surface area contributed by atoms with E-state index in [1.165, 1.54) is 23.7 Å². The Bertz CT molecular complexity index is 900. The zero-order valence-electron chi connectivity index (χ0n) is 21.8. The van der Waals surface area contributed by atoms with Gasteiger partial charge in [-0.15, -0.1) is 0 Å². The molecule has 2 radical (unpaired) electrons. The van der Waals surface area contributed by atoms with Gasteiger partial charge in [0.25, 0.3) is 0 Å². The molecule has 1 aromatic carbocycles. The number of rotatable bonds is 5. The normalized spacial score (nSPS) is 33.1. The van der Waals surface area contributed by atoms with Crippen LogP contribution in [-0.4, -0.2) is 60.4 Å². The number of para-hydroxylation sites is 1. The molecule has 3 aliphatic rings. The van der Waals surface area contributed by atoms with E-state index in [0.717, 1.165) is 51.1 Å². The Morgan fingerprint density at radius 1 is 1.18 bits per heavy atom. The second kappa shape index (κ2) is 10.0. The Balaban J connectivity index is 1.42. The third-order valence-corrected chi connectivity index (χ3v) is 8.56. The Hall–Kier alpha value is -1.85. The first-order valence-corrected chi connectivity index (χ1v) is 13.0. The van der Waals surface area contributed by atoms with Crippen LogP contribution in [0.25, 0.3) is 0 Å². The van der Waals surface area contributed by atoms with E-state index in [1.807, 2.05) is 6.92 Å². The topological polar surface area (TPSA) is 53.0 Å². The lowest BCUT2D eigenvalue weighted by atomic mass is 9.57. The van der Waals surface area contributed by atoms with Crippen LogP contribution in [0.4, 0.5) is 5.69 Å². The van der Waals surface area contributed by atoms with Crippen molar-refractivity contribution in [2.75, 3.05) is 37.6 Å². The molecule has 5 heteroatoms. The molecule has 0 spiro atoms. The van der Waals surface area contributed by atoms with Crippen molar-refractivity contribution in [3.63, 3.8) is 0 Å². The van der Waals surface area contributed by atoms with E-state index in [-0.39, 0.29) is 17.8 Å². The maximum absolute atomic E-state index is 11.7. The summed E-state index contributed by atoms with van der Waals surface area (Å²) in [5.41, 5.74) is 4.06. The number of carbonyl (C=O) groups is 1. The van der Waals surface area contributed by atoms with Gasteiger partial charge in [-0.05, 0) is 68.1 Å². The van der Waals surface area contributed by atoms with Gasteiger partial charge in [0.05, 0.1) is 12.0 Å². The largest absolute Gasteiger partial charge is 0.457 e. The van der Waals surface area contributed by atoms with Gasteiger partial charge in [0.15, 0.2) is 0 Å². The Kier molecular flexibility index (Phi) is 7.44. The van der Waals surface area contributed by atoms with Crippen molar-refractivity contribution in [3.8, 4) is 0 Å². The second-order valence-corrected chi connectivity index (χ2v) is 11.0. The van der Waals surface area contributed by atoms with E-state index < -0.39 is 11.7 Å². The first kappa shape index (κ1) is 25.2. The number of esters is 1. The summed E-state index contributed by atoms with van der Waals surface area (Å²) in [7, 11) is 0. The summed E-state index contributed by atoms with van der Waals surface area (Å²) >= 11 is 0. The number of hydrogen-bond donors (Lipinski definition) is 1. The number of piperazine rings is 1. The van der Waals surface area contributed by atoms with Gasteiger partial charge < -0.3 is 14.7 Å². The molecular formula is C29H42N2O3. The maximum Gasteiger partial charge on any atom is 0.303 e. The smallest absolute Gasteiger partial charge is 0.303 e. The maximum atomic E-state index is 11.7. The molecule has 0 bridgehead atoms. The minimum absolute atomic E-state index is 0.0222. The fourth-order valence-corrected chi connectivity index (χ4v) is 6.61. The second-order valence-electron chi connectivity index (χ2n) is 11.0. The van der Waals surface area contributed by atoms with Gasteiger partial charge in [0, 0.05) is 51.3 Å². The van der Waals surface area contributed by atoms with Gasteiger partial charge in [-0.3, -0.25) is 9.69 Å². The van der Waals surface area contributed by atoms with Crippen LogP contribution in [0.15, 0.2) is 29.8 Å². The van der Waals surface area contributed by atoms with Crippen LogP contribution in [0.5, 0.6) is 0 Å². The number of ether oxygens (including phenoxy) is 1. The molecule has 186 valence electrons. The summed E-state index contributed by atoms with van der Waals surface area (Å²) in [5, 5.41) is 11.7. The summed E-state index contributed by atoms with van der Waals surface area (Å²) in [6.45, 7) is 17.6. The van der Waals surface area contributed by atoms with Crippen LogP contribution >= 0.6 is 0 Å². The summed E-state index contributed by atoms with van der Waals surface area (Å²) in [6, 6.07) is 6.56. The van der Waals surface area contributed by atoms with Crippen LogP contribution in [0, 0.1) is 43.9 Å². The SMILES string of the molecule is CC(=O)O[C@@H]1[C][C@@]2(O)[C@H](C)CC[C@@H]([C@H](C)CN3CCN(c4c(C)cccc4C)CC3)[C@H]2C=C1C. The Morgan fingerprint density at radius 3 is 2.44 bits per heavy atom. The Morgan fingerprint density at radius 2 is 1.82 bits per heavy atom. The lowest BCUT2D eigenvalue weighted by Gasteiger charge is -2.53. The molecule has 1 heterocycles. The number of aliphatic hydroxyl groups is 1. The molecule has 6 atom stereocenters. The van der Waals surface area contributed by atoms with Crippen LogP contribution in [0.2, 0.25) is 0 Å². The molecule has 0 amide bonds. The summed E-state index contributed by atoms with van der Waals surface area (Å²) in [5.74, 6) is 0.643. The number of aryl methyl sites for hydroxylation is 2. The van der Waals surface area contributed by atoms with E-state index in [0.29, 0.717) is 11.8 Å². The Labute approximate surface area is 206 Å². The lowest BCUT2D eigenvalue weighted by molar-refractivity contribution is -0.148. The van der Waals surface area contributed by atoms with Crippen molar-refractivity contribution in [2.45, 2.75) is 66.1 Å².